The van der Waals surface area contributed by atoms with Crippen LogP contribution in [0.2, 0.25) is 0 Å². The highest BCUT2D eigenvalue weighted by Gasteiger charge is 2.29. The molecule has 2 amide bonds. The Kier molecular flexibility index (Phi) is 6.34. The number of benzene rings is 2. The van der Waals surface area contributed by atoms with E-state index in [9.17, 15) is 9.59 Å². The standard InChI is InChI=1S/C23H28N2O3/c1-16(2)28-20-11-6-9-18(14-20)22(26)19-10-7-13-25(15-19)23(27)24-21-12-5-4-8-17(21)3/h4-6,8-9,11-12,14,16,19H,7,10,13,15H2,1-3H3,(H,24,27)/t19-/m0/s1. The number of carbonyl (C=O) groups is 2. The molecule has 5 nitrogen and oxygen atoms in total. The Labute approximate surface area is 166 Å². The lowest BCUT2D eigenvalue weighted by atomic mass is 9.90. The number of aryl methyl sites for hydroxylation is 1. The van der Waals surface area contributed by atoms with E-state index in [1.165, 1.54) is 0 Å². The molecule has 1 N–H and O–H groups in total. The minimum absolute atomic E-state index is 0.0562. The number of amides is 2. The summed E-state index contributed by atoms with van der Waals surface area (Å²) in [5.41, 5.74) is 2.46. The Hall–Kier alpha value is -2.82. The van der Waals surface area contributed by atoms with Crippen LogP contribution in [0.25, 0.3) is 0 Å². The van der Waals surface area contributed by atoms with Gasteiger partial charge in [-0.25, -0.2) is 4.79 Å². The Morgan fingerprint density at radius 1 is 1.14 bits per heavy atom. The van der Waals surface area contributed by atoms with Gasteiger partial charge in [-0.1, -0.05) is 30.3 Å². The number of carbonyl (C=O) groups excluding carboxylic acids is 2. The van der Waals surface area contributed by atoms with E-state index < -0.39 is 0 Å². The first-order valence-electron chi connectivity index (χ1n) is 9.86. The predicted molar refractivity (Wildman–Crippen MR) is 111 cm³/mol. The third-order valence-corrected chi connectivity index (χ3v) is 4.96. The van der Waals surface area contributed by atoms with E-state index in [-0.39, 0.29) is 23.8 Å². The van der Waals surface area contributed by atoms with E-state index in [0.29, 0.717) is 24.4 Å². The molecule has 1 fully saturated rings. The van der Waals surface area contributed by atoms with Crippen LogP contribution in [0.4, 0.5) is 10.5 Å². The van der Waals surface area contributed by atoms with Gasteiger partial charge in [-0.05, 0) is 57.4 Å². The summed E-state index contributed by atoms with van der Waals surface area (Å²) in [6.07, 6.45) is 1.67. The van der Waals surface area contributed by atoms with Gasteiger partial charge in [0.1, 0.15) is 5.75 Å². The van der Waals surface area contributed by atoms with E-state index >= 15 is 0 Å². The van der Waals surface area contributed by atoms with Gasteiger partial charge in [0.2, 0.25) is 0 Å². The van der Waals surface area contributed by atoms with E-state index in [1.54, 1.807) is 11.0 Å². The molecule has 0 saturated carbocycles. The van der Waals surface area contributed by atoms with Crippen LogP contribution in [0.1, 0.15) is 42.6 Å². The number of Topliss-reactive ketones (excluding diaryl/α,β-unsaturated/α-hetero) is 1. The van der Waals surface area contributed by atoms with Crippen LogP contribution in [0.15, 0.2) is 48.5 Å². The van der Waals surface area contributed by atoms with Crippen molar-refractivity contribution in [3.63, 3.8) is 0 Å². The molecule has 0 aliphatic carbocycles. The average Bonchev–Trinajstić information content (AvgIpc) is 2.69. The van der Waals surface area contributed by atoms with E-state index in [2.05, 4.69) is 5.32 Å². The second-order valence-electron chi connectivity index (χ2n) is 7.59. The van der Waals surface area contributed by atoms with Gasteiger partial charge in [0.15, 0.2) is 5.78 Å². The summed E-state index contributed by atoms with van der Waals surface area (Å²) in [5, 5.41) is 2.97. The zero-order valence-electron chi connectivity index (χ0n) is 16.8. The summed E-state index contributed by atoms with van der Waals surface area (Å²) in [6, 6.07) is 14.9. The minimum atomic E-state index is -0.189. The number of hydrogen-bond acceptors (Lipinski definition) is 3. The number of nitrogens with zero attached hydrogens (tertiary/aromatic N) is 1. The SMILES string of the molecule is Cc1ccccc1NC(=O)N1CCC[C@H](C(=O)c2cccc(OC(C)C)c2)C1. The van der Waals surface area contributed by atoms with Gasteiger partial charge < -0.3 is 15.0 Å². The van der Waals surface area contributed by atoms with Crippen molar-refractivity contribution >= 4 is 17.5 Å². The number of nitrogens with one attached hydrogen (secondary N) is 1. The first kappa shape index (κ1) is 19.9. The van der Waals surface area contributed by atoms with Crippen molar-refractivity contribution in [3.8, 4) is 5.75 Å². The molecule has 1 saturated heterocycles. The van der Waals surface area contributed by atoms with Gasteiger partial charge in [0.05, 0.1) is 6.10 Å². The number of hydrogen-bond donors (Lipinski definition) is 1. The van der Waals surface area contributed by atoms with Crippen LogP contribution in [-0.2, 0) is 0 Å². The predicted octanol–water partition coefficient (Wildman–Crippen LogP) is 4.91. The number of anilines is 1. The van der Waals surface area contributed by atoms with Gasteiger partial charge in [-0.15, -0.1) is 0 Å². The van der Waals surface area contributed by atoms with Crippen molar-refractivity contribution in [2.24, 2.45) is 5.92 Å². The lowest BCUT2D eigenvalue weighted by molar-refractivity contribution is 0.0850. The average molecular weight is 380 g/mol. The molecule has 1 heterocycles. The van der Waals surface area contributed by atoms with Crippen LogP contribution in [0.3, 0.4) is 0 Å². The number of piperidine rings is 1. The zero-order chi connectivity index (χ0) is 20.1. The Morgan fingerprint density at radius 2 is 1.93 bits per heavy atom. The first-order chi connectivity index (χ1) is 13.4. The molecule has 0 spiro atoms. The summed E-state index contributed by atoms with van der Waals surface area (Å²) < 4.78 is 5.70. The second kappa shape index (κ2) is 8.91. The maximum Gasteiger partial charge on any atom is 0.321 e. The highest BCUT2D eigenvalue weighted by molar-refractivity contribution is 5.99. The van der Waals surface area contributed by atoms with Crippen molar-refractivity contribution in [2.75, 3.05) is 18.4 Å². The fourth-order valence-corrected chi connectivity index (χ4v) is 3.51. The van der Waals surface area contributed by atoms with Gasteiger partial charge in [0.25, 0.3) is 0 Å². The molecule has 1 atom stereocenters. The molecule has 1 aliphatic heterocycles. The topological polar surface area (TPSA) is 58.6 Å². The molecule has 3 rings (SSSR count). The third-order valence-electron chi connectivity index (χ3n) is 4.96. The van der Waals surface area contributed by atoms with Gasteiger partial charge in [-0.2, -0.15) is 0 Å². The van der Waals surface area contributed by atoms with E-state index in [0.717, 1.165) is 24.1 Å². The Balaban J connectivity index is 1.66. The van der Waals surface area contributed by atoms with Crippen LogP contribution >= 0.6 is 0 Å². The maximum atomic E-state index is 13.0. The third kappa shape index (κ3) is 4.91. The Morgan fingerprint density at radius 3 is 2.68 bits per heavy atom. The smallest absolute Gasteiger partial charge is 0.321 e. The summed E-state index contributed by atoms with van der Waals surface area (Å²) in [4.78, 5) is 27.4. The number of ether oxygens (including phenoxy) is 1. The van der Waals surface area contributed by atoms with Crippen molar-refractivity contribution < 1.29 is 14.3 Å². The van der Waals surface area contributed by atoms with Gasteiger partial charge in [-0.3, -0.25) is 4.79 Å². The quantitative estimate of drug-likeness (QED) is 0.750. The van der Waals surface area contributed by atoms with E-state index in [4.69, 9.17) is 4.74 Å². The molecular weight excluding hydrogens is 352 g/mol. The highest BCUT2D eigenvalue weighted by atomic mass is 16.5. The van der Waals surface area contributed by atoms with Crippen LogP contribution < -0.4 is 10.1 Å². The molecule has 0 bridgehead atoms. The molecule has 1 aliphatic rings. The fourth-order valence-electron chi connectivity index (χ4n) is 3.51. The summed E-state index contributed by atoms with van der Waals surface area (Å²) >= 11 is 0. The van der Waals surface area contributed by atoms with Crippen molar-refractivity contribution in [3.05, 3.63) is 59.7 Å². The Bertz CT molecular complexity index is 847. The molecule has 0 aromatic heterocycles. The molecular formula is C23H28N2O3. The summed E-state index contributed by atoms with van der Waals surface area (Å²) in [5.74, 6) is 0.582. The first-order valence-corrected chi connectivity index (χ1v) is 9.86. The maximum absolute atomic E-state index is 13.0. The molecule has 2 aromatic carbocycles. The number of urea groups is 1. The van der Waals surface area contributed by atoms with Crippen molar-refractivity contribution in [2.45, 2.75) is 39.7 Å². The van der Waals surface area contributed by atoms with Crippen LogP contribution in [-0.4, -0.2) is 35.9 Å². The highest BCUT2D eigenvalue weighted by Crippen LogP contribution is 2.24. The van der Waals surface area contributed by atoms with Crippen molar-refractivity contribution in [1.82, 2.24) is 4.90 Å². The molecule has 148 valence electrons. The van der Waals surface area contributed by atoms with Gasteiger partial charge >= 0.3 is 6.03 Å². The number of rotatable bonds is 5. The molecule has 0 radical (unpaired) electrons. The molecule has 5 heteroatoms. The van der Waals surface area contributed by atoms with Crippen LogP contribution in [0, 0.1) is 12.8 Å². The van der Waals surface area contributed by atoms with Gasteiger partial charge in [0, 0.05) is 30.3 Å². The summed E-state index contributed by atoms with van der Waals surface area (Å²) in [7, 11) is 0. The van der Waals surface area contributed by atoms with Crippen molar-refractivity contribution in [1.29, 1.82) is 0 Å². The largest absolute Gasteiger partial charge is 0.491 e. The minimum Gasteiger partial charge on any atom is -0.491 e. The monoisotopic (exact) mass is 380 g/mol. The zero-order valence-corrected chi connectivity index (χ0v) is 16.8. The van der Waals surface area contributed by atoms with E-state index in [1.807, 2.05) is 63.2 Å². The number of likely N-dealkylation sites (tertiary alicyclic amines) is 1. The molecule has 2 aromatic rings. The lowest BCUT2D eigenvalue weighted by Gasteiger charge is -2.32. The second-order valence-corrected chi connectivity index (χ2v) is 7.59. The van der Waals surface area contributed by atoms with Crippen LogP contribution in [0.5, 0.6) is 5.75 Å². The normalized spacial score (nSPS) is 16.7. The summed E-state index contributed by atoms with van der Waals surface area (Å²) in [6.45, 7) is 6.98. The number of ketones is 1. The molecule has 28 heavy (non-hydrogen) atoms. The molecule has 0 unspecified atom stereocenters. The number of para-hydroxylation sites is 1. The fraction of sp³-hybridized carbons (Fsp3) is 0.391. The lowest BCUT2D eigenvalue weighted by Crippen LogP contribution is -2.44.